The number of ether oxygens (including phenoxy) is 1. The highest BCUT2D eigenvalue weighted by Gasteiger charge is 2.20. The van der Waals surface area contributed by atoms with Crippen LogP contribution in [0, 0.1) is 5.92 Å². The van der Waals surface area contributed by atoms with Crippen LogP contribution >= 0.6 is 0 Å². The predicted molar refractivity (Wildman–Crippen MR) is 54.9 cm³/mol. The maximum atomic E-state index is 9.64. The SMILES string of the molecule is CC1C=COC(c2ccccc2O)C1. The normalized spacial score (nSPS) is 25.8. The van der Waals surface area contributed by atoms with Gasteiger partial charge in [0, 0.05) is 5.56 Å². The van der Waals surface area contributed by atoms with E-state index in [-0.39, 0.29) is 6.10 Å². The van der Waals surface area contributed by atoms with Crippen molar-refractivity contribution >= 4 is 0 Å². The van der Waals surface area contributed by atoms with Gasteiger partial charge in [-0.2, -0.15) is 0 Å². The summed E-state index contributed by atoms with van der Waals surface area (Å²) >= 11 is 0. The van der Waals surface area contributed by atoms with Crippen molar-refractivity contribution in [2.75, 3.05) is 0 Å². The fourth-order valence-corrected chi connectivity index (χ4v) is 1.71. The molecule has 0 fully saturated rings. The van der Waals surface area contributed by atoms with Gasteiger partial charge in [0.05, 0.1) is 6.26 Å². The fraction of sp³-hybridized carbons (Fsp3) is 0.333. The molecule has 0 radical (unpaired) electrons. The number of benzene rings is 1. The van der Waals surface area contributed by atoms with Crippen LogP contribution in [0.2, 0.25) is 0 Å². The van der Waals surface area contributed by atoms with Crippen molar-refractivity contribution in [3.8, 4) is 5.75 Å². The van der Waals surface area contributed by atoms with Gasteiger partial charge in [0.2, 0.25) is 0 Å². The summed E-state index contributed by atoms with van der Waals surface area (Å²) in [6.07, 6.45) is 4.69. The molecule has 1 aromatic rings. The second-order valence-corrected chi connectivity index (χ2v) is 3.73. The van der Waals surface area contributed by atoms with Gasteiger partial charge in [-0.25, -0.2) is 0 Å². The van der Waals surface area contributed by atoms with Crippen LogP contribution in [0.1, 0.15) is 25.0 Å². The lowest BCUT2D eigenvalue weighted by Gasteiger charge is -2.24. The smallest absolute Gasteiger partial charge is 0.127 e. The van der Waals surface area contributed by atoms with Gasteiger partial charge >= 0.3 is 0 Å². The van der Waals surface area contributed by atoms with Crippen LogP contribution < -0.4 is 0 Å². The maximum Gasteiger partial charge on any atom is 0.127 e. The highest BCUT2D eigenvalue weighted by Crippen LogP contribution is 2.34. The Labute approximate surface area is 83.8 Å². The van der Waals surface area contributed by atoms with E-state index in [1.807, 2.05) is 24.3 Å². The minimum atomic E-state index is -0.00352. The molecular formula is C12H14O2. The number of hydrogen-bond donors (Lipinski definition) is 1. The Bertz CT molecular complexity index is 344. The molecule has 0 amide bonds. The Hall–Kier alpha value is -1.44. The van der Waals surface area contributed by atoms with Gasteiger partial charge in [-0.3, -0.25) is 0 Å². The van der Waals surface area contributed by atoms with E-state index in [4.69, 9.17) is 4.74 Å². The first kappa shape index (κ1) is 9.13. The first-order valence-electron chi connectivity index (χ1n) is 4.87. The van der Waals surface area contributed by atoms with Crippen molar-refractivity contribution < 1.29 is 9.84 Å². The van der Waals surface area contributed by atoms with Gasteiger partial charge < -0.3 is 9.84 Å². The molecule has 2 unspecified atom stereocenters. The largest absolute Gasteiger partial charge is 0.508 e. The molecule has 0 spiro atoms. The van der Waals surface area contributed by atoms with Crippen LogP contribution in [-0.4, -0.2) is 5.11 Å². The summed E-state index contributed by atoms with van der Waals surface area (Å²) in [5.74, 6) is 0.827. The van der Waals surface area contributed by atoms with Gasteiger partial charge in [0.15, 0.2) is 0 Å². The van der Waals surface area contributed by atoms with Gasteiger partial charge in [-0.15, -0.1) is 0 Å². The highest BCUT2D eigenvalue weighted by molar-refractivity contribution is 5.34. The first-order chi connectivity index (χ1) is 6.77. The molecule has 1 heterocycles. The van der Waals surface area contributed by atoms with Crippen molar-refractivity contribution in [3.63, 3.8) is 0 Å². The number of phenols is 1. The predicted octanol–water partition coefficient (Wildman–Crippen LogP) is 3.00. The number of hydrogen-bond acceptors (Lipinski definition) is 2. The van der Waals surface area contributed by atoms with E-state index in [1.165, 1.54) is 0 Å². The average Bonchev–Trinajstić information content (AvgIpc) is 2.18. The quantitative estimate of drug-likeness (QED) is 0.737. The van der Waals surface area contributed by atoms with E-state index in [1.54, 1.807) is 12.3 Å². The molecule has 2 heteroatoms. The number of phenolic OH excluding ortho intramolecular Hbond substituents is 1. The van der Waals surface area contributed by atoms with E-state index < -0.39 is 0 Å². The summed E-state index contributed by atoms with van der Waals surface area (Å²) < 4.78 is 5.47. The molecule has 0 aromatic heterocycles. The lowest BCUT2D eigenvalue weighted by atomic mass is 9.96. The Kier molecular flexibility index (Phi) is 2.44. The van der Waals surface area contributed by atoms with E-state index in [9.17, 15) is 5.11 Å². The number of para-hydroxylation sites is 1. The maximum absolute atomic E-state index is 9.64. The van der Waals surface area contributed by atoms with E-state index in [0.717, 1.165) is 12.0 Å². The molecule has 0 saturated heterocycles. The topological polar surface area (TPSA) is 29.5 Å². The van der Waals surface area contributed by atoms with Crippen molar-refractivity contribution in [3.05, 3.63) is 42.2 Å². The van der Waals surface area contributed by atoms with Crippen LogP contribution in [0.15, 0.2) is 36.6 Å². The Morgan fingerprint density at radius 1 is 1.36 bits per heavy atom. The molecule has 74 valence electrons. The lowest BCUT2D eigenvalue weighted by molar-refractivity contribution is 0.107. The summed E-state index contributed by atoms with van der Waals surface area (Å²) in [7, 11) is 0. The molecule has 0 saturated carbocycles. The van der Waals surface area contributed by atoms with Crippen molar-refractivity contribution in [2.24, 2.45) is 5.92 Å². The fourth-order valence-electron chi connectivity index (χ4n) is 1.71. The second-order valence-electron chi connectivity index (χ2n) is 3.73. The molecule has 0 bridgehead atoms. The molecule has 0 aliphatic carbocycles. The van der Waals surface area contributed by atoms with E-state index >= 15 is 0 Å². The monoisotopic (exact) mass is 190 g/mol. The molecule has 2 atom stereocenters. The standard InChI is InChI=1S/C12H14O2/c1-9-6-7-14-12(8-9)10-4-2-3-5-11(10)13/h2-7,9,12-13H,8H2,1H3. The van der Waals surface area contributed by atoms with Crippen molar-refractivity contribution in [2.45, 2.75) is 19.4 Å². The Balaban J connectivity index is 2.23. The van der Waals surface area contributed by atoms with Crippen LogP contribution in [0.5, 0.6) is 5.75 Å². The molecule has 1 aliphatic heterocycles. The van der Waals surface area contributed by atoms with Crippen molar-refractivity contribution in [1.82, 2.24) is 0 Å². The summed E-state index contributed by atoms with van der Waals surface area (Å²) in [6, 6.07) is 7.34. The highest BCUT2D eigenvalue weighted by atomic mass is 16.5. The number of rotatable bonds is 1. The molecule has 14 heavy (non-hydrogen) atoms. The lowest BCUT2D eigenvalue weighted by Crippen LogP contribution is -2.09. The average molecular weight is 190 g/mol. The van der Waals surface area contributed by atoms with Gasteiger partial charge in [-0.05, 0) is 24.5 Å². The second kappa shape index (κ2) is 3.74. The van der Waals surface area contributed by atoms with Crippen LogP contribution in [-0.2, 0) is 4.74 Å². The Morgan fingerprint density at radius 2 is 2.14 bits per heavy atom. The molecular weight excluding hydrogens is 176 g/mol. The zero-order chi connectivity index (χ0) is 9.97. The van der Waals surface area contributed by atoms with Crippen LogP contribution in [0.4, 0.5) is 0 Å². The number of aromatic hydroxyl groups is 1. The summed E-state index contributed by atoms with van der Waals surface area (Å²) in [5.41, 5.74) is 0.878. The first-order valence-corrected chi connectivity index (χ1v) is 4.87. The zero-order valence-electron chi connectivity index (χ0n) is 8.18. The number of allylic oxidation sites excluding steroid dienone is 1. The zero-order valence-corrected chi connectivity index (χ0v) is 8.18. The van der Waals surface area contributed by atoms with Crippen LogP contribution in [0.25, 0.3) is 0 Å². The molecule has 2 nitrogen and oxygen atoms in total. The van der Waals surface area contributed by atoms with Gasteiger partial charge in [0.25, 0.3) is 0 Å². The molecule has 1 aromatic carbocycles. The molecule has 2 rings (SSSR count). The van der Waals surface area contributed by atoms with Crippen molar-refractivity contribution in [1.29, 1.82) is 0 Å². The third-order valence-electron chi connectivity index (χ3n) is 2.52. The van der Waals surface area contributed by atoms with E-state index in [2.05, 4.69) is 6.92 Å². The van der Waals surface area contributed by atoms with Crippen LogP contribution in [0.3, 0.4) is 0 Å². The molecule has 1 aliphatic rings. The summed E-state index contributed by atoms with van der Waals surface area (Å²) in [6.45, 7) is 2.14. The summed E-state index contributed by atoms with van der Waals surface area (Å²) in [5, 5.41) is 9.64. The Morgan fingerprint density at radius 3 is 2.86 bits per heavy atom. The van der Waals surface area contributed by atoms with Gasteiger partial charge in [-0.1, -0.05) is 25.1 Å². The minimum Gasteiger partial charge on any atom is -0.508 e. The summed E-state index contributed by atoms with van der Waals surface area (Å²) in [4.78, 5) is 0. The third-order valence-corrected chi connectivity index (χ3v) is 2.52. The van der Waals surface area contributed by atoms with E-state index in [0.29, 0.717) is 11.7 Å². The third kappa shape index (κ3) is 1.74. The minimum absolute atomic E-state index is 0.00352. The molecule has 1 N–H and O–H groups in total. The van der Waals surface area contributed by atoms with Gasteiger partial charge in [0.1, 0.15) is 11.9 Å².